The SMILES string of the molecule is ClP1C=CCCC1. The van der Waals surface area contributed by atoms with E-state index >= 15 is 0 Å². The second kappa shape index (κ2) is 2.69. The summed E-state index contributed by atoms with van der Waals surface area (Å²) in [7, 11) is -0.200. The van der Waals surface area contributed by atoms with Crippen LogP contribution in [0.5, 0.6) is 0 Å². The molecule has 1 aliphatic rings. The van der Waals surface area contributed by atoms with Gasteiger partial charge in [-0.05, 0) is 24.8 Å². The molecule has 0 saturated heterocycles. The van der Waals surface area contributed by atoms with Crippen LogP contribution in [0.3, 0.4) is 0 Å². The van der Waals surface area contributed by atoms with Crippen LogP contribution in [0.25, 0.3) is 0 Å². The quantitative estimate of drug-likeness (QED) is 0.447. The normalized spacial score (nSPS) is 30.7. The van der Waals surface area contributed by atoms with E-state index in [1.807, 2.05) is 0 Å². The molecule has 2 heteroatoms. The highest BCUT2D eigenvalue weighted by Crippen LogP contribution is 2.45. The molecular formula is C5H8ClP. The molecular weight excluding hydrogens is 126 g/mol. The largest absolute Gasteiger partial charge is 0.0918 e. The summed E-state index contributed by atoms with van der Waals surface area (Å²) in [6, 6.07) is 0. The molecule has 0 amide bonds. The number of hydrogen-bond donors (Lipinski definition) is 0. The number of rotatable bonds is 0. The second-order valence-corrected chi connectivity index (χ2v) is 4.50. The van der Waals surface area contributed by atoms with Crippen LogP contribution in [-0.2, 0) is 0 Å². The van der Waals surface area contributed by atoms with Gasteiger partial charge in [-0.15, -0.1) is 0 Å². The molecule has 0 aromatic carbocycles. The van der Waals surface area contributed by atoms with E-state index in [0.29, 0.717) is 0 Å². The summed E-state index contributed by atoms with van der Waals surface area (Å²) in [5.41, 5.74) is 0. The summed E-state index contributed by atoms with van der Waals surface area (Å²) in [6.07, 6.45) is 5.95. The van der Waals surface area contributed by atoms with Crippen molar-refractivity contribution in [3.63, 3.8) is 0 Å². The minimum Gasteiger partial charge on any atom is -0.0918 e. The minimum atomic E-state index is -0.200. The predicted octanol–water partition coefficient (Wildman–Crippen LogP) is 2.93. The molecule has 0 saturated carbocycles. The van der Waals surface area contributed by atoms with Crippen molar-refractivity contribution < 1.29 is 0 Å². The van der Waals surface area contributed by atoms with E-state index < -0.39 is 0 Å². The molecule has 1 aliphatic heterocycles. The van der Waals surface area contributed by atoms with Crippen LogP contribution in [0, 0.1) is 0 Å². The Morgan fingerprint density at radius 1 is 1.57 bits per heavy atom. The lowest BCUT2D eigenvalue weighted by molar-refractivity contribution is 0.960. The summed E-state index contributed by atoms with van der Waals surface area (Å²) in [5, 5.41) is 0. The molecule has 7 heavy (non-hydrogen) atoms. The monoisotopic (exact) mass is 134 g/mol. The topological polar surface area (TPSA) is 0 Å². The molecule has 1 unspecified atom stereocenters. The van der Waals surface area contributed by atoms with Crippen molar-refractivity contribution >= 4 is 18.5 Å². The van der Waals surface area contributed by atoms with Crippen LogP contribution in [0.1, 0.15) is 12.8 Å². The first-order chi connectivity index (χ1) is 3.39. The Morgan fingerprint density at radius 2 is 2.43 bits per heavy atom. The summed E-state index contributed by atoms with van der Waals surface area (Å²) in [6.45, 7) is 0. The third kappa shape index (κ3) is 1.80. The molecule has 0 aromatic heterocycles. The molecule has 0 bridgehead atoms. The van der Waals surface area contributed by atoms with Crippen LogP contribution in [0.4, 0.5) is 0 Å². The molecule has 0 N–H and O–H groups in total. The Bertz CT molecular complexity index is 80.1. The average Bonchev–Trinajstić information content (AvgIpc) is 1.69. The van der Waals surface area contributed by atoms with E-state index in [1.54, 1.807) is 0 Å². The van der Waals surface area contributed by atoms with Crippen molar-refractivity contribution in [2.75, 3.05) is 6.16 Å². The zero-order valence-corrected chi connectivity index (χ0v) is 5.75. The maximum atomic E-state index is 5.79. The third-order valence-electron chi connectivity index (χ3n) is 1.01. The lowest BCUT2D eigenvalue weighted by Crippen LogP contribution is -1.80. The van der Waals surface area contributed by atoms with Crippen molar-refractivity contribution in [2.24, 2.45) is 0 Å². The van der Waals surface area contributed by atoms with Gasteiger partial charge in [0.25, 0.3) is 0 Å². The molecule has 1 rings (SSSR count). The predicted molar refractivity (Wildman–Crippen MR) is 36.0 cm³/mol. The van der Waals surface area contributed by atoms with Gasteiger partial charge in [-0.1, -0.05) is 17.3 Å². The standard InChI is InChI=1S/C5H8ClP/c6-7-4-2-1-3-5-7/h2,4H,1,3,5H2. The van der Waals surface area contributed by atoms with Crippen LogP contribution < -0.4 is 0 Å². The molecule has 1 atom stereocenters. The lowest BCUT2D eigenvalue weighted by atomic mass is 10.3. The van der Waals surface area contributed by atoms with Crippen molar-refractivity contribution in [1.82, 2.24) is 0 Å². The van der Waals surface area contributed by atoms with Crippen LogP contribution in [0.15, 0.2) is 11.9 Å². The van der Waals surface area contributed by atoms with E-state index in [1.165, 1.54) is 19.0 Å². The van der Waals surface area contributed by atoms with Crippen LogP contribution in [0.2, 0.25) is 0 Å². The Hall–Kier alpha value is 0.460. The van der Waals surface area contributed by atoms with Crippen LogP contribution >= 0.6 is 18.5 Å². The van der Waals surface area contributed by atoms with Gasteiger partial charge in [-0.3, -0.25) is 0 Å². The highest BCUT2D eigenvalue weighted by Gasteiger charge is 2.01. The Morgan fingerprint density at radius 3 is 2.71 bits per heavy atom. The first-order valence-electron chi connectivity index (χ1n) is 2.49. The molecule has 0 fully saturated rings. The third-order valence-corrected chi connectivity index (χ3v) is 3.13. The Balaban J connectivity index is 2.36. The summed E-state index contributed by atoms with van der Waals surface area (Å²) >= 11 is 5.79. The smallest absolute Gasteiger partial charge is 0.0135 e. The van der Waals surface area contributed by atoms with Crippen molar-refractivity contribution in [3.05, 3.63) is 11.9 Å². The fourth-order valence-electron chi connectivity index (χ4n) is 0.624. The maximum absolute atomic E-state index is 5.79. The van der Waals surface area contributed by atoms with Crippen molar-refractivity contribution in [2.45, 2.75) is 12.8 Å². The van der Waals surface area contributed by atoms with E-state index in [2.05, 4.69) is 11.9 Å². The van der Waals surface area contributed by atoms with Crippen molar-refractivity contribution in [3.8, 4) is 0 Å². The van der Waals surface area contributed by atoms with E-state index in [-0.39, 0.29) is 7.27 Å². The second-order valence-electron chi connectivity index (χ2n) is 1.65. The van der Waals surface area contributed by atoms with Gasteiger partial charge in [0.2, 0.25) is 0 Å². The van der Waals surface area contributed by atoms with E-state index in [9.17, 15) is 0 Å². The number of hydrogen-bond acceptors (Lipinski definition) is 0. The van der Waals surface area contributed by atoms with Crippen molar-refractivity contribution in [1.29, 1.82) is 0 Å². The molecule has 0 spiro atoms. The zero-order valence-electron chi connectivity index (χ0n) is 4.10. The zero-order chi connectivity index (χ0) is 5.11. The van der Waals surface area contributed by atoms with Gasteiger partial charge in [0.15, 0.2) is 0 Å². The average molecular weight is 135 g/mol. The molecule has 1 heterocycles. The van der Waals surface area contributed by atoms with E-state index in [4.69, 9.17) is 11.2 Å². The number of allylic oxidation sites excluding steroid dienone is 1. The summed E-state index contributed by atoms with van der Waals surface area (Å²) < 4.78 is 0. The van der Waals surface area contributed by atoms with Crippen LogP contribution in [-0.4, -0.2) is 6.16 Å². The fraction of sp³-hybridized carbons (Fsp3) is 0.600. The van der Waals surface area contributed by atoms with Gasteiger partial charge in [-0.2, -0.15) is 0 Å². The maximum Gasteiger partial charge on any atom is 0.0135 e. The van der Waals surface area contributed by atoms with E-state index in [0.717, 1.165) is 0 Å². The number of halogens is 1. The van der Waals surface area contributed by atoms with Gasteiger partial charge >= 0.3 is 0 Å². The first kappa shape index (κ1) is 5.59. The summed E-state index contributed by atoms with van der Waals surface area (Å²) in [5.74, 6) is 2.14. The molecule has 0 aromatic rings. The van der Waals surface area contributed by atoms with Gasteiger partial charge in [0.1, 0.15) is 0 Å². The molecule has 40 valence electrons. The van der Waals surface area contributed by atoms with Gasteiger partial charge in [-0.25, -0.2) is 0 Å². The molecule has 0 aliphatic carbocycles. The van der Waals surface area contributed by atoms with Gasteiger partial charge in [0.05, 0.1) is 0 Å². The highest BCUT2D eigenvalue weighted by molar-refractivity contribution is 7.86. The fourth-order valence-corrected chi connectivity index (χ4v) is 2.23. The van der Waals surface area contributed by atoms with Gasteiger partial charge < -0.3 is 0 Å². The Labute approximate surface area is 50.1 Å². The molecule has 0 radical (unpaired) electrons. The lowest BCUT2D eigenvalue weighted by Gasteiger charge is -2.06. The first-order valence-corrected chi connectivity index (χ1v) is 4.99. The molecule has 0 nitrogen and oxygen atoms in total. The minimum absolute atomic E-state index is 0.200. The Kier molecular flexibility index (Phi) is 2.15. The highest BCUT2D eigenvalue weighted by atomic mass is 35.7. The van der Waals surface area contributed by atoms with Gasteiger partial charge in [0, 0.05) is 7.27 Å². The summed E-state index contributed by atoms with van der Waals surface area (Å²) in [4.78, 5) is 0.